The zero-order valence-corrected chi connectivity index (χ0v) is 25.5. The van der Waals surface area contributed by atoms with Crippen LogP contribution in [-0.4, -0.2) is 37.5 Å². The van der Waals surface area contributed by atoms with Gasteiger partial charge < -0.3 is 18.6 Å². The third kappa shape index (κ3) is 6.10. The van der Waals surface area contributed by atoms with Gasteiger partial charge in [0.25, 0.3) is 5.56 Å². The number of benzene rings is 2. The molecule has 0 unspecified atom stereocenters. The highest BCUT2D eigenvalue weighted by molar-refractivity contribution is 7.07. The first kappa shape index (κ1) is 29.8. The summed E-state index contributed by atoms with van der Waals surface area (Å²) in [5.41, 5.74) is 1.72. The molecular weight excluding hydrogens is 599 g/mol. The van der Waals surface area contributed by atoms with Crippen molar-refractivity contribution >= 4 is 46.6 Å². The normalized spacial score (nSPS) is 15.0. The topological polar surface area (TPSA) is 92.3 Å². The summed E-state index contributed by atoms with van der Waals surface area (Å²) in [4.78, 5) is 32.5. The monoisotopic (exact) mass is 626 g/mol. The summed E-state index contributed by atoms with van der Waals surface area (Å²) < 4.78 is 24.5. The minimum Gasteiger partial charge on any atom is -0.493 e. The van der Waals surface area contributed by atoms with Crippen molar-refractivity contribution in [2.75, 3.05) is 26.9 Å². The van der Waals surface area contributed by atoms with Crippen molar-refractivity contribution in [1.29, 1.82) is 0 Å². The molecule has 218 valence electrons. The number of allylic oxidation sites excluding steroid dienone is 1. The van der Waals surface area contributed by atoms with E-state index in [4.69, 9.17) is 41.8 Å². The van der Waals surface area contributed by atoms with E-state index in [0.717, 1.165) is 6.42 Å². The van der Waals surface area contributed by atoms with E-state index in [2.05, 4.69) is 4.99 Å². The number of ether oxygens (including phenoxy) is 3. The summed E-state index contributed by atoms with van der Waals surface area (Å²) in [6.45, 7) is 4.53. The SMILES string of the molecule is CCCOc1ccccc1[C@@H]1C(C(=O)OCCOC)=C(C)N=c2s/c(=C/c3ccc(-c4ccc(Cl)cc4Cl)o3)c(=O)n21. The zero-order valence-electron chi connectivity index (χ0n) is 23.2. The number of carbonyl (C=O) groups is 1. The smallest absolute Gasteiger partial charge is 0.338 e. The van der Waals surface area contributed by atoms with Crippen LogP contribution in [0.5, 0.6) is 5.75 Å². The standard InChI is InChI=1S/C31H28Cl2N2O6S/c1-4-13-39-24-8-6-5-7-22(24)28-27(30(37)40-15-14-38-3)18(2)34-31-35(28)29(36)26(42-31)17-20-10-12-25(41-20)21-11-9-19(32)16-23(21)33/h5-12,16-17,28H,4,13-15H2,1-3H3/b26-17+/t28-/m1/s1. The van der Waals surface area contributed by atoms with E-state index in [-0.39, 0.29) is 24.3 Å². The maximum absolute atomic E-state index is 14.0. The summed E-state index contributed by atoms with van der Waals surface area (Å²) in [6.07, 6.45) is 2.45. The Kier molecular flexibility index (Phi) is 9.33. The Labute approximate surface area is 256 Å². The molecule has 2 aromatic heterocycles. The van der Waals surface area contributed by atoms with Crippen LogP contribution in [0.15, 0.2) is 80.1 Å². The number of thiazole rings is 1. The molecular formula is C31H28Cl2N2O6S. The molecule has 2 aromatic carbocycles. The van der Waals surface area contributed by atoms with Crippen LogP contribution in [-0.2, 0) is 14.3 Å². The Morgan fingerprint density at radius 1 is 1.12 bits per heavy atom. The highest BCUT2D eigenvalue weighted by Gasteiger charge is 2.35. The number of hydrogen-bond acceptors (Lipinski definition) is 8. The van der Waals surface area contributed by atoms with Gasteiger partial charge in [-0.2, -0.15) is 0 Å². The average molecular weight is 628 g/mol. The van der Waals surface area contributed by atoms with E-state index in [1.165, 1.54) is 23.0 Å². The highest BCUT2D eigenvalue weighted by Crippen LogP contribution is 2.36. The Morgan fingerprint density at radius 2 is 1.93 bits per heavy atom. The molecule has 0 spiro atoms. The van der Waals surface area contributed by atoms with E-state index >= 15 is 0 Å². The highest BCUT2D eigenvalue weighted by atomic mass is 35.5. The van der Waals surface area contributed by atoms with Crippen LogP contribution in [0.25, 0.3) is 17.4 Å². The van der Waals surface area contributed by atoms with Crippen LogP contribution in [0.3, 0.4) is 0 Å². The molecule has 1 aliphatic rings. The molecule has 1 atom stereocenters. The first-order valence-corrected chi connectivity index (χ1v) is 14.8. The van der Waals surface area contributed by atoms with Crippen molar-refractivity contribution in [3.8, 4) is 17.1 Å². The second-order valence-corrected chi connectivity index (χ2v) is 11.3. The van der Waals surface area contributed by atoms with Crippen LogP contribution in [0.4, 0.5) is 0 Å². The second kappa shape index (κ2) is 13.1. The number of aromatic nitrogens is 1. The third-order valence-electron chi connectivity index (χ3n) is 6.53. The fraction of sp³-hybridized carbons (Fsp3) is 0.258. The van der Waals surface area contributed by atoms with Crippen molar-refractivity contribution < 1.29 is 23.4 Å². The summed E-state index contributed by atoms with van der Waals surface area (Å²) in [5.74, 6) is 0.992. The van der Waals surface area contributed by atoms with Crippen molar-refractivity contribution in [3.05, 3.63) is 107 Å². The zero-order chi connectivity index (χ0) is 29.8. The van der Waals surface area contributed by atoms with E-state index in [9.17, 15) is 9.59 Å². The lowest BCUT2D eigenvalue weighted by molar-refractivity contribution is -0.140. The lowest BCUT2D eigenvalue weighted by Gasteiger charge is -2.26. The number of halogens is 2. The number of nitrogens with zero attached hydrogens (tertiary/aromatic N) is 2. The third-order valence-corrected chi connectivity index (χ3v) is 8.06. The Bertz CT molecular complexity index is 1840. The van der Waals surface area contributed by atoms with E-state index in [1.54, 1.807) is 43.3 Å². The van der Waals surface area contributed by atoms with E-state index in [1.807, 2.05) is 31.2 Å². The van der Waals surface area contributed by atoms with E-state index in [0.29, 0.717) is 60.1 Å². The van der Waals surface area contributed by atoms with Gasteiger partial charge in [0.2, 0.25) is 0 Å². The number of fused-ring (bicyclic) bond motifs is 1. The number of rotatable bonds is 10. The molecule has 0 amide bonds. The molecule has 11 heteroatoms. The Hall–Kier alpha value is -3.63. The average Bonchev–Trinajstić information content (AvgIpc) is 3.55. The van der Waals surface area contributed by atoms with Gasteiger partial charge >= 0.3 is 5.97 Å². The maximum atomic E-state index is 14.0. The molecule has 3 heterocycles. The van der Waals surface area contributed by atoms with Crippen molar-refractivity contribution in [3.63, 3.8) is 0 Å². The fourth-order valence-electron chi connectivity index (χ4n) is 4.62. The van der Waals surface area contributed by atoms with Crippen LogP contribution in [0.2, 0.25) is 10.0 Å². The molecule has 8 nitrogen and oxygen atoms in total. The van der Waals surface area contributed by atoms with Crippen molar-refractivity contribution in [1.82, 2.24) is 4.57 Å². The predicted molar refractivity (Wildman–Crippen MR) is 163 cm³/mol. The van der Waals surface area contributed by atoms with E-state index < -0.39 is 12.0 Å². The van der Waals surface area contributed by atoms with Gasteiger partial charge in [0.15, 0.2) is 4.80 Å². The van der Waals surface area contributed by atoms with Gasteiger partial charge in [0, 0.05) is 29.3 Å². The first-order valence-electron chi connectivity index (χ1n) is 13.3. The van der Waals surface area contributed by atoms with Crippen LogP contribution >= 0.6 is 34.5 Å². The molecule has 0 bridgehead atoms. The molecule has 0 saturated heterocycles. The predicted octanol–water partition coefficient (Wildman–Crippen LogP) is 5.78. The van der Waals surface area contributed by atoms with Gasteiger partial charge in [0.1, 0.15) is 29.9 Å². The molecule has 1 aliphatic heterocycles. The van der Waals surface area contributed by atoms with Crippen LogP contribution in [0, 0.1) is 0 Å². The van der Waals surface area contributed by atoms with Gasteiger partial charge in [-0.15, -0.1) is 0 Å². The van der Waals surface area contributed by atoms with Crippen LogP contribution in [0.1, 0.15) is 37.6 Å². The number of para-hydroxylation sites is 1. The molecule has 4 aromatic rings. The summed E-state index contributed by atoms with van der Waals surface area (Å²) >= 11 is 13.6. The number of furan rings is 1. The number of methoxy groups -OCH3 is 1. The lowest BCUT2D eigenvalue weighted by atomic mass is 9.95. The lowest BCUT2D eigenvalue weighted by Crippen LogP contribution is -2.40. The van der Waals surface area contributed by atoms with Crippen molar-refractivity contribution in [2.24, 2.45) is 4.99 Å². The number of carbonyl (C=O) groups excluding carboxylic acids is 1. The molecule has 5 rings (SSSR count). The number of hydrogen-bond donors (Lipinski definition) is 0. The largest absolute Gasteiger partial charge is 0.493 e. The van der Waals surface area contributed by atoms with Gasteiger partial charge in [0.05, 0.1) is 34.0 Å². The Morgan fingerprint density at radius 3 is 2.69 bits per heavy atom. The Balaban J connectivity index is 1.62. The molecule has 0 saturated carbocycles. The second-order valence-electron chi connectivity index (χ2n) is 9.42. The first-order chi connectivity index (χ1) is 20.3. The maximum Gasteiger partial charge on any atom is 0.338 e. The van der Waals surface area contributed by atoms with Gasteiger partial charge in [-0.1, -0.05) is 59.7 Å². The molecule has 0 aliphatic carbocycles. The van der Waals surface area contributed by atoms with Gasteiger partial charge in [-0.05, 0) is 49.7 Å². The molecule has 0 N–H and O–H groups in total. The van der Waals surface area contributed by atoms with Gasteiger partial charge in [-0.3, -0.25) is 9.36 Å². The minimum atomic E-state index is -0.813. The fourth-order valence-corrected chi connectivity index (χ4v) is 6.14. The van der Waals surface area contributed by atoms with Gasteiger partial charge in [-0.25, -0.2) is 9.79 Å². The summed E-state index contributed by atoms with van der Waals surface area (Å²) in [7, 11) is 1.53. The molecule has 42 heavy (non-hydrogen) atoms. The van der Waals surface area contributed by atoms with Crippen LogP contribution < -0.4 is 19.6 Å². The quantitative estimate of drug-likeness (QED) is 0.164. The molecule has 0 fully saturated rings. The summed E-state index contributed by atoms with van der Waals surface area (Å²) in [6, 6.07) is 15.2. The molecule has 0 radical (unpaired) electrons. The number of esters is 1. The minimum absolute atomic E-state index is 0.0652. The summed E-state index contributed by atoms with van der Waals surface area (Å²) in [5, 5.41) is 0.970. The van der Waals surface area contributed by atoms with Crippen molar-refractivity contribution in [2.45, 2.75) is 26.3 Å².